The number of morpholine rings is 1. The molecule has 1 saturated heterocycles. The van der Waals surface area contributed by atoms with Gasteiger partial charge in [-0.15, -0.1) is 0 Å². The van der Waals surface area contributed by atoms with Gasteiger partial charge in [-0.25, -0.2) is 4.79 Å². The highest BCUT2D eigenvalue weighted by molar-refractivity contribution is 5.98. The largest absolute Gasteiger partial charge is 0.378 e. The summed E-state index contributed by atoms with van der Waals surface area (Å²) < 4.78 is 5.28. The van der Waals surface area contributed by atoms with Crippen molar-refractivity contribution >= 4 is 29.2 Å². The molecule has 30 heavy (non-hydrogen) atoms. The number of nitrogens with zero attached hydrogens (tertiary/aromatic N) is 1. The van der Waals surface area contributed by atoms with E-state index in [4.69, 9.17) is 4.74 Å². The lowest BCUT2D eigenvalue weighted by molar-refractivity contribution is -0.118. The molecule has 0 aromatic heterocycles. The Kier molecular flexibility index (Phi) is 7.40. The Morgan fingerprint density at radius 3 is 2.30 bits per heavy atom. The molecule has 2 aromatic carbocycles. The normalized spacial score (nSPS) is 14.5. The number of ether oxygens (including phenoxy) is 1. The predicted octanol–water partition coefficient (Wildman–Crippen LogP) is 2.24. The molecule has 0 bridgehead atoms. The van der Waals surface area contributed by atoms with Crippen LogP contribution in [0.2, 0.25) is 0 Å². The Morgan fingerprint density at radius 2 is 1.63 bits per heavy atom. The van der Waals surface area contributed by atoms with Crippen LogP contribution in [0.25, 0.3) is 0 Å². The average Bonchev–Trinajstić information content (AvgIpc) is 2.74. The molecule has 0 spiro atoms. The van der Waals surface area contributed by atoms with Gasteiger partial charge >= 0.3 is 6.03 Å². The molecule has 1 heterocycles. The molecule has 2 aromatic rings. The third kappa shape index (κ3) is 6.31. The van der Waals surface area contributed by atoms with Gasteiger partial charge in [-0.05, 0) is 23.8 Å². The van der Waals surface area contributed by atoms with Crippen LogP contribution < -0.4 is 16.0 Å². The van der Waals surface area contributed by atoms with E-state index in [1.807, 2.05) is 30.3 Å². The molecule has 3 N–H and O–H groups in total. The lowest BCUT2D eigenvalue weighted by Crippen LogP contribution is -2.53. The maximum Gasteiger partial charge on any atom is 0.318 e. The summed E-state index contributed by atoms with van der Waals surface area (Å²) in [5.41, 5.74) is 2.05. The molecule has 0 aliphatic carbocycles. The van der Waals surface area contributed by atoms with Crippen LogP contribution in [0, 0.1) is 0 Å². The fraction of sp³-hybridized carbons (Fsp3) is 0.318. The molecule has 8 heteroatoms. The zero-order chi connectivity index (χ0) is 21.3. The first kappa shape index (κ1) is 21.3. The molecule has 0 radical (unpaired) electrons. The summed E-state index contributed by atoms with van der Waals surface area (Å²) in [6.07, 6.45) is 0.355. The van der Waals surface area contributed by atoms with Gasteiger partial charge in [0.25, 0.3) is 0 Å². The monoisotopic (exact) mass is 410 g/mol. The first-order valence-corrected chi connectivity index (χ1v) is 9.87. The summed E-state index contributed by atoms with van der Waals surface area (Å²) in [6, 6.07) is 15.3. The summed E-state index contributed by atoms with van der Waals surface area (Å²) in [5, 5.41) is 8.37. The number of nitrogens with one attached hydrogen (secondary N) is 3. The minimum atomic E-state index is -0.757. The molecule has 1 unspecified atom stereocenters. The first-order chi connectivity index (χ1) is 14.5. The van der Waals surface area contributed by atoms with E-state index in [1.165, 1.54) is 6.92 Å². The standard InChI is InChI=1S/C22H26N4O4/c1-16(27)23-18-8-5-9-19(15-18)24-21(28)20(14-17-6-3-2-4-7-17)25-22(29)26-10-12-30-13-11-26/h2-9,15,20H,10-14H2,1H3,(H,23,27)(H,24,28)(H,25,29). The van der Waals surface area contributed by atoms with Crippen molar-refractivity contribution in [3.8, 4) is 0 Å². The second kappa shape index (κ2) is 10.4. The second-order valence-electron chi connectivity index (χ2n) is 7.04. The van der Waals surface area contributed by atoms with Crippen molar-refractivity contribution in [1.29, 1.82) is 0 Å². The fourth-order valence-corrected chi connectivity index (χ4v) is 3.17. The van der Waals surface area contributed by atoms with E-state index in [-0.39, 0.29) is 17.8 Å². The Bertz CT molecular complexity index is 882. The van der Waals surface area contributed by atoms with Crippen LogP contribution in [-0.4, -0.2) is 55.1 Å². The van der Waals surface area contributed by atoms with Crippen molar-refractivity contribution in [2.75, 3.05) is 36.9 Å². The quantitative estimate of drug-likeness (QED) is 0.680. The van der Waals surface area contributed by atoms with Crippen LogP contribution in [0.15, 0.2) is 54.6 Å². The number of rotatable bonds is 6. The van der Waals surface area contributed by atoms with Crippen LogP contribution in [0.3, 0.4) is 0 Å². The summed E-state index contributed by atoms with van der Waals surface area (Å²) >= 11 is 0. The van der Waals surface area contributed by atoms with E-state index in [0.29, 0.717) is 44.1 Å². The smallest absolute Gasteiger partial charge is 0.318 e. The van der Waals surface area contributed by atoms with Crippen LogP contribution in [0.1, 0.15) is 12.5 Å². The van der Waals surface area contributed by atoms with Gasteiger partial charge in [-0.1, -0.05) is 36.4 Å². The summed E-state index contributed by atoms with van der Waals surface area (Å²) in [6.45, 7) is 3.37. The maximum atomic E-state index is 13.0. The molecule has 0 saturated carbocycles. The first-order valence-electron chi connectivity index (χ1n) is 9.87. The van der Waals surface area contributed by atoms with Gasteiger partial charge in [-0.2, -0.15) is 0 Å². The SMILES string of the molecule is CC(=O)Nc1cccc(NC(=O)C(Cc2ccccc2)NC(=O)N2CCOCC2)c1. The molecule has 1 atom stereocenters. The molecule has 4 amide bonds. The molecule has 3 rings (SSSR count). The van der Waals surface area contributed by atoms with E-state index in [2.05, 4.69) is 16.0 Å². The van der Waals surface area contributed by atoms with E-state index in [0.717, 1.165) is 5.56 Å². The zero-order valence-electron chi connectivity index (χ0n) is 16.9. The van der Waals surface area contributed by atoms with Crippen LogP contribution in [0.5, 0.6) is 0 Å². The predicted molar refractivity (Wildman–Crippen MR) is 114 cm³/mol. The fourth-order valence-electron chi connectivity index (χ4n) is 3.17. The summed E-state index contributed by atoms with van der Waals surface area (Å²) in [5.74, 6) is -0.529. The molecule has 8 nitrogen and oxygen atoms in total. The summed E-state index contributed by atoms with van der Waals surface area (Å²) in [7, 11) is 0. The molecular formula is C22H26N4O4. The number of anilines is 2. The van der Waals surface area contributed by atoms with Gasteiger partial charge in [0.2, 0.25) is 11.8 Å². The number of carbonyl (C=O) groups is 3. The van der Waals surface area contributed by atoms with Crippen molar-refractivity contribution in [1.82, 2.24) is 10.2 Å². The van der Waals surface area contributed by atoms with Crippen molar-refractivity contribution in [2.24, 2.45) is 0 Å². The van der Waals surface area contributed by atoms with Crippen molar-refractivity contribution in [3.63, 3.8) is 0 Å². The molecule has 1 aliphatic rings. The molecular weight excluding hydrogens is 384 g/mol. The third-order valence-electron chi connectivity index (χ3n) is 4.65. The number of hydrogen-bond acceptors (Lipinski definition) is 4. The minimum Gasteiger partial charge on any atom is -0.378 e. The van der Waals surface area contributed by atoms with Crippen LogP contribution >= 0.6 is 0 Å². The Hall–Kier alpha value is -3.39. The average molecular weight is 410 g/mol. The lowest BCUT2D eigenvalue weighted by Gasteiger charge is -2.29. The highest BCUT2D eigenvalue weighted by atomic mass is 16.5. The number of urea groups is 1. The van der Waals surface area contributed by atoms with Crippen LogP contribution in [0.4, 0.5) is 16.2 Å². The minimum absolute atomic E-state index is 0.196. The van der Waals surface area contributed by atoms with E-state index < -0.39 is 6.04 Å². The van der Waals surface area contributed by atoms with E-state index in [9.17, 15) is 14.4 Å². The number of benzene rings is 2. The summed E-state index contributed by atoms with van der Waals surface area (Å²) in [4.78, 5) is 38.6. The Balaban J connectivity index is 1.72. The number of carbonyl (C=O) groups excluding carboxylic acids is 3. The third-order valence-corrected chi connectivity index (χ3v) is 4.65. The van der Waals surface area contributed by atoms with Gasteiger partial charge in [0, 0.05) is 37.8 Å². The molecule has 1 fully saturated rings. The van der Waals surface area contributed by atoms with Gasteiger partial charge in [0.05, 0.1) is 13.2 Å². The number of amides is 4. The maximum absolute atomic E-state index is 13.0. The number of hydrogen-bond donors (Lipinski definition) is 3. The Labute approximate surface area is 175 Å². The highest BCUT2D eigenvalue weighted by Gasteiger charge is 2.25. The van der Waals surface area contributed by atoms with Crippen molar-refractivity contribution in [2.45, 2.75) is 19.4 Å². The van der Waals surface area contributed by atoms with Crippen molar-refractivity contribution < 1.29 is 19.1 Å². The van der Waals surface area contributed by atoms with Crippen molar-refractivity contribution in [3.05, 3.63) is 60.2 Å². The van der Waals surface area contributed by atoms with Gasteiger partial charge < -0.3 is 25.6 Å². The van der Waals surface area contributed by atoms with E-state index >= 15 is 0 Å². The highest BCUT2D eigenvalue weighted by Crippen LogP contribution is 2.16. The van der Waals surface area contributed by atoms with E-state index in [1.54, 1.807) is 29.2 Å². The molecule has 1 aliphatic heterocycles. The van der Waals surface area contributed by atoms with Gasteiger partial charge in [0.15, 0.2) is 0 Å². The van der Waals surface area contributed by atoms with Gasteiger partial charge in [0.1, 0.15) is 6.04 Å². The Morgan fingerprint density at radius 1 is 0.967 bits per heavy atom. The van der Waals surface area contributed by atoms with Gasteiger partial charge in [-0.3, -0.25) is 9.59 Å². The lowest BCUT2D eigenvalue weighted by atomic mass is 10.1. The topological polar surface area (TPSA) is 99.8 Å². The second-order valence-corrected chi connectivity index (χ2v) is 7.04. The molecule has 158 valence electrons. The zero-order valence-corrected chi connectivity index (χ0v) is 16.9. The van der Waals surface area contributed by atoms with Crippen LogP contribution in [-0.2, 0) is 20.7 Å².